The summed E-state index contributed by atoms with van der Waals surface area (Å²) in [5.41, 5.74) is 3.92. The Morgan fingerprint density at radius 1 is 0.953 bits per heavy atom. The van der Waals surface area contributed by atoms with Crippen LogP contribution in [0.5, 0.6) is 17.2 Å². The Labute approximate surface area is 375 Å². The third-order valence-corrected chi connectivity index (χ3v) is 13.3. The number of aldehydes is 1. The summed E-state index contributed by atoms with van der Waals surface area (Å²) in [6, 6.07) is 26.2. The van der Waals surface area contributed by atoms with E-state index in [0.717, 1.165) is 72.3 Å². The van der Waals surface area contributed by atoms with Gasteiger partial charge in [0.15, 0.2) is 0 Å². The predicted molar refractivity (Wildman–Crippen MR) is 243 cm³/mol. The lowest BCUT2D eigenvalue weighted by Gasteiger charge is -2.59. The largest absolute Gasteiger partial charge is 0.459 e. The van der Waals surface area contributed by atoms with Crippen LogP contribution in [-0.2, 0) is 25.6 Å². The molecule has 0 spiro atoms. The van der Waals surface area contributed by atoms with Crippen LogP contribution in [0.25, 0.3) is 10.8 Å². The molecule has 0 aromatic heterocycles. The zero-order valence-corrected chi connectivity index (χ0v) is 36.6. The molecule has 4 aliphatic rings. The smallest absolute Gasteiger partial charge is 0.410 e. The van der Waals surface area contributed by atoms with Crippen molar-refractivity contribution < 1.29 is 48.3 Å². The summed E-state index contributed by atoms with van der Waals surface area (Å²) in [6.07, 6.45) is 11.0. The second kappa shape index (κ2) is 21.0. The van der Waals surface area contributed by atoms with E-state index in [4.69, 9.17) is 33.7 Å². The monoisotopic (exact) mass is 872 g/mol. The normalized spacial score (nSPS) is 25.3. The fourth-order valence-electron chi connectivity index (χ4n) is 10.4. The van der Waals surface area contributed by atoms with E-state index >= 15 is 0 Å². The van der Waals surface area contributed by atoms with Gasteiger partial charge in [0.25, 0.3) is 0 Å². The third-order valence-electron chi connectivity index (χ3n) is 13.3. The number of methoxy groups -OCH3 is 1. The molecule has 1 saturated heterocycles. The number of unbranched alkanes of at least 4 members (excludes halogenated alkanes) is 2. The second-order valence-electron chi connectivity index (χ2n) is 17.2. The number of amides is 1. The van der Waals surface area contributed by atoms with Crippen molar-refractivity contribution in [2.24, 2.45) is 22.9 Å². The molecular weight excluding hydrogens is 813 g/mol. The van der Waals surface area contributed by atoms with Crippen LogP contribution in [0.4, 0.5) is 4.79 Å². The van der Waals surface area contributed by atoms with Gasteiger partial charge in [-0.05, 0) is 103 Å². The molecule has 2 aliphatic carbocycles. The maximum Gasteiger partial charge on any atom is 0.410 e. The quantitative estimate of drug-likeness (QED) is 0.0404. The summed E-state index contributed by atoms with van der Waals surface area (Å²) >= 11 is 0. The Hall–Kier alpha value is -5.53. The summed E-state index contributed by atoms with van der Waals surface area (Å²) in [4.78, 5) is 34.3. The van der Waals surface area contributed by atoms with E-state index < -0.39 is 30.1 Å². The van der Waals surface area contributed by atoms with Crippen molar-refractivity contribution in [1.82, 2.24) is 4.90 Å². The van der Waals surface area contributed by atoms with Crippen LogP contribution in [0.3, 0.4) is 0 Å². The second-order valence-corrected chi connectivity index (χ2v) is 17.2. The molecule has 12 nitrogen and oxygen atoms in total. The van der Waals surface area contributed by atoms with Crippen molar-refractivity contribution in [3.63, 3.8) is 0 Å². The van der Waals surface area contributed by atoms with Gasteiger partial charge in [-0.3, -0.25) is 9.69 Å². The van der Waals surface area contributed by atoms with Crippen LogP contribution in [-0.4, -0.2) is 84.9 Å². The van der Waals surface area contributed by atoms with E-state index in [-0.39, 0.29) is 50.5 Å². The molecule has 2 fully saturated rings. The van der Waals surface area contributed by atoms with E-state index in [1.807, 2.05) is 48.5 Å². The number of allylic oxidation sites excluding steroid dienone is 1. The summed E-state index contributed by atoms with van der Waals surface area (Å²) in [5, 5.41) is 27.0. The van der Waals surface area contributed by atoms with Crippen molar-refractivity contribution in [3.8, 4) is 17.2 Å². The van der Waals surface area contributed by atoms with Crippen molar-refractivity contribution in [2.75, 3.05) is 33.5 Å². The molecule has 7 atom stereocenters. The molecule has 2 N–H and O–H groups in total. The fourth-order valence-corrected chi connectivity index (χ4v) is 10.4. The molecule has 4 aromatic carbocycles. The number of carbonyl (C=O) groups is 2. The van der Waals surface area contributed by atoms with Crippen LogP contribution in [0, 0.1) is 17.8 Å². The number of nitrogens with zero attached hydrogens (tertiary/aromatic N) is 2. The number of ether oxygens (including phenoxy) is 5. The zero-order chi connectivity index (χ0) is 44.5. The van der Waals surface area contributed by atoms with Gasteiger partial charge in [0.2, 0.25) is 12.1 Å². The molecule has 0 radical (unpaired) electrons. The highest BCUT2D eigenvalue weighted by Crippen LogP contribution is 2.62. The van der Waals surface area contributed by atoms with E-state index in [1.165, 1.54) is 7.11 Å². The number of rotatable bonds is 19. The van der Waals surface area contributed by atoms with Gasteiger partial charge in [0.05, 0.1) is 38.5 Å². The van der Waals surface area contributed by atoms with Crippen molar-refractivity contribution in [2.45, 2.75) is 94.8 Å². The van der Waals surface area contributed by atoms with Crippen molar-refractivity contribution in [1.29, 1.82) is 0 Å². The van der Waals surface area contributed by atoms with Crippen LogP contribution in [0.2, 0.25) is 0 Å². The minimum atomic E-state index is -1.48. The van der Waals surface area contributed by atoms with Gasteiger partial charge in [0, 0.05) is 43.1 Å². The van der Waals surface area contributed by atoms with Gasteiger partial charge in [-0.15, -0.1) is 6.58 Å². The first-order chi connectivity index (χ1) is 31.4. The number of benzene rings is 4. The fraction of sp³-hybridized carbons (Fsp3) is 0.442. The van der Waals surface area contributed by atoms with Gasteiger partial charge in [-0.1, -0.05) is 84.7 Å². The maximum atomic E-state index is 14.5. The van der Waals surface area contributed by atoms with E-state index in [9.17, 15) is 19.8 Å². The molecule has 7 unspecified atom stereocenters. The standard InChI is InChI=1S/C52H60N2O10/c1-3-27-61-52-47(54(51(58)59-2)33-38-18-13-17-36-15-4-5-20-41(36)38)32-45(53-64-48-22-8-11-28-60-48)43-30-37(16-6-9-25-55)42(21-7-10-26-56)49(50(43)52)44-31-40(23-24-46(44)63-52)62-39-19-12-14-35(29-39)34-57/h3-5,12-15,17-20,23-24,29-31,34,37,42,47-50,55-56H,1,6-11,16,21-22,25-28,32-33H2,2H3. The Morgan fingerprint density at radius 2 is 1.75 bits per heavy atom. The molecule has 4 aromatic rings. The van der Waals surface area contributed by atoms with Crippen LogP contribution in [0.15, 0.2) is 114 Å². The van der Waals surface area contributed by atoms with E-state index in [0.29, 0.717) is 54.4 Å². The number of hydrogen-bond acceptors (Lipinski definition) is 11. The topological polar surface area (TPSA) is 146 Å². The molecule has 338 valence electrons. The van der Waals surface area contributed by atoms with Gasteiger partial charge in [-0.2, -0.15) is 0 Å². The van der Waals surface area contributed by atoms with Gasteiger partial charge >= 0.3 is 6.09 Å². The average molecular weight is 873 g/mol. The first-order valence-electron chi connectivity index (χ1n) is 22.8. The Bertz CT molecular complexity index is 2320. The minimum absolute atomic E-state index is 0.00855. The molecule has 12 heteroatoms. The lowest BCUT2D eigenvalue weighted by molar-refractivity contribution is -0.256. The van der Waals surface area contributed by atoms with E-state index in [1.54, 1.807) is 29.2 Å². The van der Waals surface area contributed by atoms with Crippen molar-refractivity contribution >= 4 is 28.9 Å². The van der Waals surface area contributed by atoms with Gasteiger partial charge < -0.3 is 38.7 Å². The summed E-state index contributed by atoms with van der Waals surface area (Å²) in [7, 11) is 1.39. The lowest BCUT2D eigenvalue weighted by atomic mass is 9.55. The first-order valence-corrected chi connectivity index (χ1v) is 22.8. The number of oxime groups is 1. The number of fused-ring (bicyclic) bond motifs is 3. The van der Waals surface area contributed by atoms with Crippen LogP contribution in [0.1, 0.15) is 91.6 Å². The third kappa shape index (κ3) is 9.47. The molecule has 2 aliphatic heterocycles. The molecule has 1 amide bonds. The summed E-state index contributed by atoms with van der Waals surface area (Å²) < 4.78 is 32.7. The highest BCUT2D eigenvalue weighted by atomic mass is 16.8. The number of hydrogen-bond donors (Lipinski definition) is 2. The Morgan fingerprint density at radius 3 is 2.53 bits per heavy atom. The van der Waals surface area contributed by atoms with Gasteiger partial charge in [-0.25, -0.2) is 4.79 Å². The zero-order valence-electron chi connectivity index (χ0n) is 36.6. The van der Waals surface area contributed by atoms with Crippen molar-refractivity contribution in [3.05, 3.63) is 126 Å². The minimum Gasteiger partial charge on any atom is -0.459 e. The Kier molecular flexibility index (Phi) is 14.8. The average Bonchev–Trinajstić information content (AvgIpc) is 3.33. The van der Waals surface area contributed by atoms with Gasteiger partial charge in [0.1, 0.15) is 29.6 Å². The number of carbonyl (C=O) groups excluding carboxylic acids is 2. The molecule has 1 saturated carbocycles. The number of aliphatic hydroxyl groups excluding tert-OH is 2. The summed E-state index contributed by atoms with van der Waals surface area (Å²) in [6.45, 7) is 5.11. The molecule has 2 heterocycles. The predicted octanol–water partition coefficient (Wildman–Crippen LogP) is 9.87. The lowest BCUT2D eigenvalue weighted by Crippen LogP contribution is -2.70. The first kappa shape index (κ1) is 45.1. The Balaban J connectivity index is 1.34. The molecule has 0 bridgehead atoms. The molecular formula is C52H60N2O10. The number of aliphatic hydroxyl groups is 2. The van der Waals surface area contributed by atoms with Crippen LogP contribution < -0.4 is 9.47 Å². The highest BCUT2D eigenvalue weighted by Gasteiger charge is 2.65. The van der Waals surface area contributed by atoms with Crippen LogP contribution >= 0.6 is 0 Å². The summed E-state index contributed by atoms with van der Waals surface area (Å²) in [5.74, 6) is -0.558. The maximum absolute atomic E-state index is 14.5. The molecule has 8 rings (SSSR count). The SMILES string of the molecule is C=CCOC12Oc3ccc(Oc4cccc(C=O)c4)cc3C3C(CCCCO)C(CCCCO)C=C(C(=NOC4CCCCO4)CC1N(Cc1cccc4ccccc14)C(=O)OC)C32. The van der Waals surface area contributed by atoms with E-state index in [2.05, 4.69) is 30.9 Å². The molecule has 64 heavy (non-hydrogen) atoms. The highest BCUT2D eigenvalue weighted by molar-refractivity contribution is 6.03.